The van der Waals surface area contributed by atoms with Gasteiger partial charge < -0.3 is 9.97 Å². The molecule has 4 nitrogen and oxygen atoms in total. The highest BCUT2D eigenvalue weighted by molar-refractivity contribution is 9.12. The third-order valence-electron chi connectivity index (χ3n) is 9.36. The SMILES string of the molecule is Brc1cc(Br)cc(-c2c3nc(c(-c4cc(Br)cc(Br)c4)c4ccc([nH]4)c(-c4cc(Br)cc(Br)c4)c4nc(c(-c5cc(Br)cc(Br)c5)c5ccc2[nH]5)C=C4)C=C3)c1. The molecule has 274 valence electrons. The lowest BCUT2D eigenvalue weighted by atomic mass is 10.0. The molecule has 8 bridgehead atoms. The third-order valence-corrected chi connectivity index (χ3v) is 13.0. The Labute approximate surface area is 389 Å². The van der Waals surface area contributed by atoms with Gasteiger partial charge in [-0.15, -0.1) is 0 Å². The Balaban J connectivity index is 1.50. The quantitative estimate of drug-likeness (QED) is 0.184. The molecule has 0 radical (unpaired) electrons. The van der Waals surface area contributed by atoms with E-state index < -0.39 is 0 Å². The zero-order chi connectivity index (χ0) is 38.8. The van der Waals surface area contributed by atoms with Gasteiger partial charge in [0.25, 0.3) is 0 Å². The average Bonchev–Trinajstić information content (AvgIpc) is 3.94. The van der Waals surface area contributed by atoms with Gasteiger partial charge in [0.15, 0.2) is 0 Å². The average molecular weight is 1250 g/mol. The van der Waals surface area contributed by atoms with Crippen molar-refractivity contribution in [3.05, 3.63) is 156 Å². The summed E-state index contributed by atoms with van der Waals surface area (Å²) in [5, 5.41) is 0. The van der Waals surface area contributed by atoms with Gasteiger partial charge in [0.05, 0.1) is 22.8 Å². The highest BCUT2D eigenvalue weighted by Crippen LogP contribution is 2.41. The first-order valence-corrected chi connectivity index (χ1v) is 23.3. The predicted molar refractivity (Wildman–Crippen MR) is 262 cm³/mol. The van der Waals surface area contributed by atoms with Crippen molar-refractivity contribution >= 4 is 174 Å². The summed E-state index contributed by atoms with van der Waals surface area (Å²) in [4.78, 5) is 18.5. The molecule has 0 amide bonds. The summed E-state index contributed by atoms with van der Waals surface area (Å²) in [5.74, 6) is 0. The highest BCUT2D eigenvalue weighted by Gasteiger charge is 2.20. The van der Waals surface area contributed by atoms with Crippen LogP contribution in [0.5, 0.6) is 0 Å². The molecule has 0 saturated carbocycles. The number of fused-ring (bicyclic) bond motifs is 8. The Hall–Kier alpha value is -2.68. The van der Waals surface area contributed by atoms with Crippen LogP contribution in [0.3, 0.4) is 0 Å². The summed E-state index contributed by atoms with van der Waals surface area (Å²) in [7, 11) is 0. The minimum atomic E-state index is 0.829. The van der Waals surface area contributed by atoms with Gasteiger partial charge in [0.2, 0.25) is 0 Å². The van der Waals surface area contributed by atoms with E-state index >= 15 is 0 Å². The van der Waals surface area contributed by atoms with Crippen molar-refractivity contribution in [3.63, 3.8) is 0 Å². The molecule has 2 aliphatic rings. The van der Waals surface area contributed by atoms with E-state index in [1.54, 1.807) is 0 Å². The van der Waals surface area contributed by atoms with E-state index in [0.717, 1.165) is 125 Å². The first kappa shape index (κ1) is 38.8. The van der Waals surface area contributed by atoms with Gasteiger partial charge in [-0.2, -0.15) is 0 Å². The standard InChI is InChI=1S/C44H22Br8N4/c45-25-9-21(10-26(46)17-25)41-33-1-2-34(53-33)42(22-11-27(47)18-28(48)12-22)36-5-6-38(55-36)44(24-15-31(51)20-32(52)16-24)40-8-7-39(56-40)43(37-4-3-35(41)54-37)23-13-29(49)19-30(50)14-23/h1-20,53,56H. The van der Waals surface area contributed by atoms with Crippen molar-refractivity contribution in [1.29, 1.82) is 0 Å². The summed E-state index contributed by atoms with van der Waals surface area (Å²) in [6.07, 6.45) is 8.41. The topological polar surface area (TPSA) is 57.4 Å². The molecule has 2 N–H and O–H groups in total. The molecular weight excluding hydrogens is 1220 g/mol. The van der Waals surface area contributed by atoms with Crippen molar-refractivity contribution in [3.8, 4) is 44.5 Å². The normalized spacial score (nSPS) is 12.1. The Morgan fingerprint density at radius 1 is 0.286 bits per heavy atom. The van der Waals surface area contributed by atoms with Crippen LogP contribution in [0.2, 0.25) is 0 Å². The molecule has 0 fully saturated rings. The van der Waals surface area contributed by atoms with Crippen LogP contribution in [0.15, 0.2) is 133 Å². The Bertz CT molecular complexity index is 2550. The fraction of sp³-hybridized carbons (Fsp3) is 0. The second-order valence-corrected chi connectivity index (χ2v) is 20.5. The number of rotatable bonds is 4. The van der Waals surface area contributed by atoms with Crippen molar-refractivity contribution < 1.29 is 0 Å². The van der Waals surface area contributed by atoms with Crippen LogP contribution in [-0.2, 0) is 0 Å². The number of aromatic amines is 2. The van der Waals surface area contributed by atoms with Gasteiger partial charge in [-0.3, -0.25) is 0 Å². The molecule has 7 aromatic rings. The van der Waals surface area contributed by atoms with Crippen LogP contribution < -0.4 is 0 Å². The van der Waals surface area contributed by atoms with Crippen LogP contribution in [-0.4, -0.2) is 19.9 Å². The number of hydrogen-bond acceptors (Lipinski definition) is 2. The van der Waals surface area contributed by atoms with Crippen LogP contribution in [0.4, 0.5) is 0 Å². The third kappa shape index (κ3) is 7.77. The summed E-state index contributed by atoms with van der Waals surface area (Å²) < 4.78 is 7.63. The van der Waals surface area contributed by atoms with E-state index in [2.05, 4.69) is 235 Å². The van der Waals surface area contributed by atoms with E-state index in [1.807, 2.05) is 24.3 Å². The number of hydrogen-bond donors (Lipinski definition) is 2. The van der Waals surface area contributed by atoms with E-state index in [0.29, 0.717) is 0 Å². The minimum Gasteiger partial charge on any atom is -0.354 e. The van der Waals surface area contributed by atoms with Crippen molar-refractivity contribution in [2.24, 2.45) is 0 Å². The first-order chi connectivity index (χ1) is 26.9. The van der Waals surface area contributed by atoms with Crippen LogP contribution >= 0.6 is 127 Å². The molecular formula is C44H22Br8N4. The molecule has 4 aromatic carbocycles. The van der Waals surface area contributed by atoms with Crippen molar-refractivity contribution in [1.82, 2.24) is 19.9 Å². The monoisotopic (exact) mass is 1240 g/mol. The Kier molecular flexibility index (Phi) is 11.0. The smallest absolute Gasteiger partial charge is 0.0737 e. The van der Waals surface area contributed by atoms with E-state index in [9.17, 15) is 0 Å². The number of nitrogens with zero attached hydrogens (tertiary/aromatic N) is 2. The molecule has 0 atom stereocenters. The lowest BCUT2D eigenvalue weighted by Gasteiger charge is -2.09. The van der Waals surface area contributed by atoms with Crippen LogP contribution in [0.1, 0.15) is 22.8 Å². The van der Waals surface area contributed by atoms with E-state index in [4.69, 9.17) is 9.97 Å². The number of aromatic nitrogens is 4. The minimum absolute atomic E-state index is 0.829. The van der Waals surface area contributed by atoms with Crippen molar-refractivity contribution in [2.75, 3.05) is 0 Å². The Morgan fingerprint density at radius 3 is 0.679 bits per heavy atom. The molecule has 0 saturated heterocycles. The fourth-order valence-electron chi connectivity index (χ4n) is 7.21. The number of halogens is 8. The van der Waals surface area contributed by atoms with Gasteiger partial charge >= 0.3 is 0 Å². The first-order valence-electron chi connectivity index (χ1n) is 17.0. The zero-order valence-corrected chi connectivity index (χ0v) is 41.2. The van der Waals surface area contributed by atoms with E-state index in [1.165, 1.54) is 0 Å². The van der Waals surface area contributed by atoms with Gasteiger partial charge in [0, 0.05) is 80.1 Å². The number of nitrogens with one attached hydrogen (secondary N) is 2. The maximum absolute atomic E-state index is 5.43. The molecule has 9 rings (SSSR count). The van der Waals surface area contributed by atoms with Gasteiger partial charge in [0.1, 0.15) is 0 Å². The van der Waals surface area contributed by atoms with Crippen molar-refractivity contribution in [2.45, 2.75) is 0 Å². The number of benzene rings is 4. The van der Waals surface area contributed by atoms with E-state index in [-0.39, 0.29) is 0 Å². The molecule has 0 aliphatic carbocycles. The Morgan fingerprint density at radius 2 is 0.482 bits per heavy atom. The van der Waals surface area contributed by atoms with Crippen LogP contribution in [0, 0.1) is 0 Å². The summed E-state index contributed by atoms with van der Waals surface area (Å²) in [5.41, 5.74) is 14.8. The molecule has 0 spiro atoms. The maximum Gasteiger partial charge on any atom is 0.0737 e. The fourth-order valence-corrected chi connectivity index (χ4v) is 12.4. The second-order valence-electron chi connectivity index (χ2n) is 13.1. The number of H-pyrrole nitrogens is 2. The van der Waals surface area contributed by atoms with Gasteiger partial charge in [-0.1, -0.05) is 127 Å². The molecule has 0 unspecified atom stereocenters. The summed E-state index contributed by atoms with van der Waals surface area (Å²) in [6.45, 7) is 0. The lowest BCUT2D eigenvalue weighted by Crippen LogP contribution is -1.90. The molecule has 5 heterocycles. The molecule has 2 aliphatic heterocycles. The largest absolute Gasteiger partial charge is 0.354 e. The van der Waals surface area contributed by atoms with Gasteiger partial charge in [-0.25, -0.2) is 9.97 Å². The second kappa shape index (κ2) is 15.8. The lowest BCUT2D eigenvalue weighted by molar-refractivity contribution is 1.31. The van der Waals surface area contributed by atoms with Gasteiger partial charge in [-0.05, 0) is 144 Å². The summed E-state index contributed by atoms with van der Waals surface area (Å²) in [6, 6.07) is 33.7. The van der Waals surface area contributed by atoms with Crippen LogP contribution in [0.25, 0.3) is 90.9 Å². The predicted octanol–water partition coefficient (Wildman–Crippen LogP) is 17.4. The molecule has 3 aromatic heterocycles. The maximum atomic E-state index is 5.43. The molecule has 56 heavy (non-hydrogen) atoms. The highest BCUT2D eigenvalue weighted by atomic mass is 79.9. The molecule has 12 heteroatoms. The summed E-state index contributed by atoms with van der Waals surface area (Å²) >= 11 is 30.0. The zero-order valence-electron chi connectivity index (χ0n) is 28.5.